The molecule has 3 aromatic rings. The number of nitriles is 1. The lowest BCUT2D eigenvalue weighted by atomic mass is 10.1. The summed E-state index contributed by atoms with van der Waals surface area (Å²) in [5, 5.41) is 23.9. The third-order valence-corrected chi connectivity index (χ3v) is 4.69. The first kappa shape index (κ1) is 15.5. The lowest BCUT2D eigenvalue weighted by Crippen LogP contribution is -2.28. The molecule has 0 bridgehead atoms. The maximum atomic E-state index is 10.4. The number of hydrogen-bond donors (Lipinski definition) is 2. The van der Waals surface area contributed by atoms with Crippen LogP contribution < -0.4 is 5.32 Å². The normalized spacial score (nSPS) is 22.8. The summed E-state index contributed by atoms with van der Waals surface area (Å²) in [5.74, 6) is 0.840. The van der Waals surface area contributed by atoms with Crippen molar-refractivity contribution >= 4 is 16.9 Å². The Hall–Kier alpha value is -2.98. The summed E-state index contributed by atoms with van der Waals surface area (Å²) in [6.07, 6.45) is 8.20. The van der Waals surface area contributed by atoms with Crippen molar-refractivity contribution in [3.8, 4) is 6.07 Å². The molecule has 0 spiro atoms. The highest BCUT2D eigenvalue weighted by molar-refractivity contribution is 5.79. The lowest BCUT2D eigenvalue weighted by Gasteiger charge is -2.18. The van der Waals surface area contributed by atoms with Crippen LogP contribution in [0.15, 0.2) is 43.1 Å². The molecule has 0 aliphatic heterocycles. The number of aliphatic hydroxyl groups excluding tert-OH is 1. The minimum Gasteiger partial charge on any atom is -0.391 e. The predicted octanol–water partition coefficient (Wildman–Crippen LogP) is 1.95. The van der Waals surface area contributed by atoms with E-state index in [-0.39, 0.29) is 6.04 Å². The molecule has 1 aliphatic rings. The van der Waals surface area contributed by atoms with Crippen molar-refractivity contribution in [2.24, 2.45) is 5.92 Å². The monoisotopic (exact) mass is 334 g/mol. The van der Waals surface area contributed by atoms with Crippen LogP contribution in [-0.4, -0.2) is 36.8 Å². The van der Waals surface area contributed by atoms with E-state index in [2.05, 4.69) is 26.3 Å². The molecule has 126 valence electrons. The Kier molecular flexibility index (Phi) is 4.04. The van der Waals surface area contributed by atoms with Gasteiger partial charge in [-0.05, 0) is 37.0 Å². The number of pyridine rings is 2. The number of imidazole rings is 1. The number of nitrogens with one attached hydrogen (secondary N) is 1. The highest BCUT2D eigenvalue weighted by atomic mass is 16.3. The maximum absolute atomic E-state index is 10.4. The van der Waals surface area contributed by atoms with Gasteiger partial charge >= 0.3 is 0 Å². The first-order chi connectivity index (χ1) is 12.2. The highest BCUT2D eigenvalue weighted by Gasteiger charge is 2.33. The van der Waals surface area contributed by atoms with E-state index in [1.807, 2.05) is 22.9 Å². The van der Waals surface area contributed by atoms with Gasteiger partial charge in [-0.25, -0.2) is 15.0 Å². The van der Waals surface area contributed by atoms with Crippen LogP contribution in [0.4, 0.5) is 5.82 Å². The smallest absolute Gasteiger partial charge is 0.161 e. The maximum Gasteiger partial charge on any atom is 0.161 e. The van der Waals surface area contributed by atoms with E-state index in [9.17, 15) is 10.4 Å². The van der Waals surface area contributed by atoms with Gasteiger partial charge in [0.05, 0.1) is 24.0 Å². The third kappa shape index (κ3) is 3.16. The van der Waals surface area contributed by atoms with Gasteiger partial charge in [-0.2, -0.15) is 5.26 Å². The van der Waals surface area contributed by atoms with Gasteiger partial charge in [-0.15, -0.1) is 0 Å². The van der Waals surface area contributed by atoms with Gasteiger partial charge in [0.15, 0.2) is 5.65 Å². The van der Waals surface area contributed by atoms with Crippen molar-refractivity contribution in [2.75, 3.05) is 5.32 Å². The molecular weight excluding hydrogens is 316 g/mol. The molecule has 4 rings (SSSR count). The molecule has 1 fully saturated rings. The van der Waals surface area contributed by atoms with Crippen molar-refractivity contribution < 1.29 is 5.11 Å². The fourth-order valence-electron chi connectivity index (χ4n) is 3.49. The SMILES string of the molecule is N#Cc1cc2cccnc2nc1N[C@@H]1CC(Cn2ccnc2)C[C@H]1O. The average molecular weight is 334 g/mol. The topological polar surface area (TPSA) is 99.7 Å². The van der Waals surface area contributed by atoms with E-state index in [0.717, 1.165) is 18.4 Å². The van der Waals surface area contributed by atoms with Crippen molar-refractivity contribution in [3.63, 3.8) is 0 Å². The van der Waals surface area contributed by atoms with Crippen LogP contribution in [0.1, 0.15) is 18.4 Å². The van der Waals surface area contributed by atoms with E-state index in [1.54, 1.807) is 24.8 Å². The van der Waals surface area contributed by atoms with Gasteiger partial charge in [-0.3, -0.25) is 0 Å². The van der Waals surface area contributed by atoms with Gasteiger partial charge in [-0.1, -0.05) is 0 Å². The molecular formula is C18H18N6O. The molecule has 7 nitrogen and oxygen atoms in total. The number of rotatable bonds is 4. The van der Waals surface area contributed by atoms with Gasteiger partial charge in [0.2, 0.25) is 0 Å². The summed E-state index contributed by atoms with van der Waals surface area (Å²) >= 11 is 0. The highest BCUT2D eigenvalue weighted by Crippen LogP contribution is 2.30. The first-order valence-corrected chi connectivity index (χ1v) is 8.29. The molecule has 3 aromatic heterocycles. The number of aliphatic hydroxyl groups is 1. The minimum atomic E-state index is -0.471. The summed E-state index contributed by atoms with van der Waals surface area (Å²) in [5.41, 5.74) is 1.05. The Morgan fingerprint density at radius 1 is 1.36 bits per heavy atom. The van der Waals surface area contributed by atoms with Crippen LogP contribution >= 0.6 is 0 Å². The fraction of sp³-hybridized carbons (Fsp3) is 0.333. The Morgan fingerprint density at radius 3 is 3.08 bits per heavy atom. The van der Waals surface area contributed by atoms with Crippen molar-refractivity contribution in [1.29, 1.82) is 5.26 Å². The van der Waals surface area contributed by atoms with Crippen LogP contribution in [-0.2, 0) is 6.54 Å². The van der Waals surface area contributed by atoms with Crippen LogP contribution in [0.3, 0.4) is 0 Å². The van der Waals surface area contributed by atoms with E-state index < -0.39 is 6.10 Å². The summed E-state index contributed by atoms with van der Waals surface area (Å²) in [7, 11) is 0. The molecule has 0 radical (unpaired) electrons. The Morgan fingerprint density at radius 2 is 2.28 bits per heavy atom. The molecule has 1 saturated carbocycles. The molecule has 0 saturated heterocycles. The Balaban J connectivity index is 1.53. The van der Waals surface area contributed by atoms with E-state index in [0.29, 0.717) is 29.4 Å². The summed E-state index contributed by atoms with van der Waals surface area (Å²) in [6, 6.07) is 7.53. The Labute approximate surface area is 145 Å². The predicted molar refractivity (Wildman–Crippen MR) is 92.6 cm³/mol. The average Bonchev–Trinajstić information content (AvgIpc) is 3.24. The van der Waals surface area contributed by atoms with Crippen LogP contribution in [0.2, 0.25) is 0 Å². The van der Waals surface area contributed by atoms with E-state index in [1.165, 1.54) is 0 Å². The fourth-order valence-corrected chi connectivity index (χ4v) is 3.49. The van der Waals surface area contributed by atoms with Gasteiger partial charge in [0.25, 0.3) is 0 Å². The summed E-state index contributed by atoms with van der Waals surface area (Å²) in [6.45, 7) is 0.826. The molecule has 3 atom stereocenters. The standard InChI is InChI=1S/C18H18N6O/c19-9-14-8-13-2-1-3-21-17(13)23-18(14)22-15-6-12(7-16(15)25)10-24-5-4-20-11-24/h1-5,8,11-12,15-16,25H,6-7,10H2,(H,21,22,23)/t12?,15-,16-/m1/s1. The molecule has 0 aromatic carbocycles. The molecule has 3 heterocycles. The minimum absolute atomic E-state index is 0.130. The zero-order valence-electron chi connectivity index (χ0n) is 13.6. The number of hydrogen-bond acceptors (Lipinski definition) is 6. The van der Waals surface area contributed by atoms with Crippen molar-refractivity contribution in [1.82, 2.24) is 19.5 Å². The second-order valence-corrected chi connectivity index (χ2v) is 6.46. The third-order valence-electron chi connectivity index (χ3n) is 4.69. The second-order valence-electron chi connectivity index (χ2n) is 6.46. The number of fused-ring (bicyclic) bond motifs is 1. The van der Waals surface area contributed by atoms with Gasteiger partial charge in [0.1, 0.15) is 11.9 Å². The molecule has 1 unspecified atom stereocenters. The second kappa shape index (κ2) is 6.49. The van der Waals surface area contributed by atoms with Crippen molar-refractivity contribution in [3.05, 3.63) is 48.7 Å². The largest absolute Gasteiger partial charge is 0.391 e. The van der Waals surface area contributed by atoms with Crippen molar-refractivity contribution in [2.45, 2.75) is 31.5 Å². The zero-order valence-corrected chi connectivity index (χ0v) is 13.6. The quantitative estimate of drug-likeness (QED) is 0.756. The van der Waals surface area contributed by atoms with Crippen LogP contribution in [0.25, 0.3) is 11.0 Å². The molecule has 7 heteroatoms. The zero-order chi connectivity index (χ0) is 17.2. The molecule has 2 N–H and O–H groups in total. The van der Waals surface area contributed by atoms with Gasteiger partial charge < -0.3 is 15.0 Å². The summed E-state index contributed by atoms with van der Waals surface area (Å²) in [4.78, 5) is 12.8. The molecule has 1 aliphatic carbocycles. The van der Waals surface area contributed by atoms with E-state index >= 15 is 0 Å². The Bertz CT molecular complexity index is 917. The molecule has 25 heavy (non-hydrogen) atoms. The lowest BCUT2D eigenvalue weighted by molar-refractivity contribution is 0.166. The first-order valence-electron chi connectivity index (χ1n) is 8.29. The van der Waals surface area contributed by atoms with Gasteiger partial charge in [0, 0.05) is 30.5 Å². The van der Waals surface area contributed by atoms with Crippen LogP contribution in [0.5, 0.6) is 0 Å². The van der Waals surface area contributed by atoms with E-state index in [4.69, 9.17) is 0 Å². The number of anilines is 1. The number of nitrogens with zero attached hydrogens (tertiary/aromatic N) is 5. The summed E-state index contributed by atoms with van der Waals surface area (Å²) < 4.78 is 2.03. The molecule has 0 amide bonds. The number of aromatic nitrogens is 4. The van der Waals surface area contributed by atoms with Crippen LogP contribution in [0, 0.1) is 17.2 Å².